The van der Waals surface area contributed by atoms with Crippen LogP contribution in [0.3, 0.4) is 0 Å². The summed E-state index contributed by atoms with van der Waals surface area (Å²) in [5.41, 5.74) is 3.73. The minimum atomic E-state index is -0.359. The smallest absolute Gasteiger partial charge is 0.248 e. The van der Waals surface area contributed by atoms with Gasteiger partial charge < -0.3 is 14.7 Å². The molecule has 0 fully saturated rings. The normalized spacial score (nSPS) is 11.4. The summed E-state index contributed by atoms with van der Waals surface area (Å²) in [6.07, 6.45) is 2.93. The number of carbonyl (C=O) groups is 1. The Morgan fingerprint density at radius 2 is 1.79 bits per heavy atom. The molecule has 2 heterocycles. The number of anilines is 1. The van der Waals surface area contributed by atoms with Gasteiger partial charge in [0.15, 0.2) is 0 Å². The first-order valence-corrected chi connectivity index (χ1v) is 11.4. The molecule has 168 valence electrons. The lowest BCUT2D eigenvalue weighted by molar-refractivity contribution is -0.111. The van der Waals surface area contributed by atoms with Gasteiger partial charge >= 0.3 is 0 Å². The van der Waals surface area contributed by atoms with Gasteiger partial charge in [0.05, 0.1) is 31.8 Å². The van der Waals surface area contributed by atoms with E-state index in [1.807, 2.05) is 36.4 Å². The number of hydrogen-bond donors (Lipinski definition) is 2. The van der Waals surface area contributed by atoms with Crippen molar-refractivity contribution in [3.05, 3.63) is 99.7 Å². The van der Waals surface area contributed by atoms with Gasteiger partial charge in [0.1, 0.15) is 17.3 Å². The SMILES string of the molecule is O=C(C=Cc1ccc(-c2cccc(Cl)c2Cl)o1)Nc1cc(-c2nc3ccccc3[nH]2)ccc1Cl. The number of carbonyl (C=O) groups excluding carboxylic acids is 1. The van der Waals surface area contributed by atoms with Crippen LogP contribution in [0.2, 0.25) is 15.1 Å². The Morgan fingerprint density at radius 1 is 0.941 bits per heavy atom. The molecular formula is C26H16Cl3N3O2. The molecule has 34 heavy (non-hydrogen) atoms. The number of fused-ring (bicyclic) bond motifs is 1. The third kappa shape index (κ3) is 4.59. The maximum atomic E-state index is 12.5. The Balaban J connectivity index is 1.32. The van der Waals surface area contributed by atoms with Gasteiger partial charge in [-0.25, -0.2) is 4.98 Å². The Labute approximate surface area is 210 Å². The summed E-state index contributed by atoms with van der Waals surface area (Å²) >= 11 is 18.6. The Hall–Kier alpha value is -3.51. The average molecular weight is 509 g/mol. The molecule has 0 aliphatic heterocycles. The van der Waals surface area contributed by atoms with Crippen molar-refractivity contribution in [3.8, 4) is 22.7 Å². The predicted octanol–water partition coefficient (Wildman–Crippen LogP) is 8.10. The number of aromatic nitrogens is 2. The maximum absolute atomic E-state index is 12.5. The van der Waals surface area contributed by atoms with Crippen LogP contribution in [0.15, 0.2) is 83.3 Å². The standard InChI is InChI=1S/C26H16Cl3N3O2/c27-18-11-8-15(26-31-20-6-1-2-7-21(20)32-26)14-22(18)30-24(33)13-10-16-9-12-23(34-16)17-4-3-5-19(28)25(17)29/h1-14H,(H,30,33)(H,31,32). The van der Waals surface area contributed by atoms with E-state index in [1.165, 1.54) is 6.08 Å². The van der Waals surface area contributed by atoms with E-state index in [1.54, 1.807) is 42.5 Å². The van der Waals surface area contributed by atoms with Crippen LogP contribution in [-0.4, -0.2) is 15.9 Å². The number of imidazole rings is 1. The minimum Gasteiger partial charge on any atom is -0.457 e. The maximum Gasteiger partial charge on any atom is 0.248 e. The number of halogens is 3. The molecule has 2 aromatic heterocycles. The zero-order valence-corrected chi connectivity index (χ0v) is 19.7. The summed E-state index contributed by atoms with van der Waals surface area (Å²) in [7, 11) is 0. The molecule has 0 saturated carbocycles. The van der Waals surface area contributed by atoms with Gasteiger partial charge in [-0.2, -0.15) is 0 Å². The molecular weight excluding hydrogens is 493 g/mol. The van der Waals surface area contributed by atoms with Crippen LogP contribution in [-0.2, 0) is 4.79 Å². The molecule has 2 N–H and O–H groups in total. The molecule has 0 atom stereocenters. The average Bonchev–Trinajstić information content (AvgIpc) is 3.48. The van der Waals surface area contributed by atoms with E-state index in [0.717, 1.165) is 16.6 Å². The molecule has 0 aliphatic rings. The first kappa shape index (κ1) is 22.3. The highest BCUT2D eigenvalue weighted by Gasteiger charge is 2.12. The van der Waals surface area contributed by atoms with Gasteiger partial charge in [-0.3, -0.25) is 4.79 Å². The zero-order valence-electron chi connectivity index (χ0n) is 17.5. The number of nitrogens with one attached hydrogen (secondary N) is 2. The van der Waals surface area contributed by atoms with E-state index in [-0.39, 0.29) is 5.91 Å². The van der Waals surface area contributed by atoms with E-state index >= 15 is 0 Å². The molecule has 0 saturated heterocycles. The highest BCUT2D eigenvalue weighted by molar-refractivity contribution is 6.43. The largest absolute Gasteiger partial charge is 0.457 e. The number of aromatic amines is 1. The van der Waals surface area contributed by atoms with Gasteiger partial charge in [-0.15, -0.1) is 0 Å². The number of nitrogens with zero attached hydrogens (tertiary/aromatic N) is 1. The van der Waals surface area contributed by atoms with Crippen LogP contribution in [0.25, 0.3) is 39.8 Å². The molecule has 1 amide bonds. The lowest BCUT2D eigenvalue weighted by Gasteiger charge is -2.07. The van der Waals surface area contributed by atoms with Gasteiger partial charge in [0, 0.05) is 17.2 Å². The molecule has 8 heteroatoms. The molecule has 0 radical (unpaired) electrons. The van der Waals surface area contributed by atoms with Crippen molar-refractivity contribution in [1.29, 1.82) is 0 Å². The number of hydrogen-bond acceptors (Lipinski definition) is 3. The number of amides is 1. The quantitative estimate of drug-likeness (QED) is 0.236. The van der Waals surface area contributed by atoms with Crippen LogP contribution in [0, 0.1) is 0 Å². The van der Waals surface area contributed by atoms with Gasteiger partial charge in [-0.05, 0) is 60.7 Å². The van der Waals surface area contributed by atoms with Crippen LogP contribution >= 0.6 is 34.8 Å². The second-order valence-corrected chi connectivity index (χ2v) is 8.62. The van der Waals surface area contributed by atoms with Crippen molar-refractivity contribution in [3.63, 3.8) is 0 Å². The van der Waals surface area contributed by atoms with Crippen LogP contribution < -0.4 is 5.32 Å². The summed E-state index contributed by atoms with van der Waals surface area (Å²) in [4.78, 5) is 20.4. The summed E-state index contributed by atoms with van der Waals surface area (Å²) < 4.78 is 5.79. The van der Waals surface area contributed by atoms with Gasteiger partial charge in [0.25, 0.3) is 0 Å². The summed E-state index contributed by atoms with van der Waals surface area (Å²) in [5.74, 6) is 1.37. The van der Waals surface area contributed by atoms with E-state index in [4.69, 9.17) is 39.2 Å². The second kappa shape index (κ2) is 9.39. The van der Waals surface area contributed by atoms with E-state index in [2.05, 4.69) is 15.3 Å². The topological polar surface area (TPSA) is 70.9 Å². The highest BCUT2D eigenvalue weighted by Crippen LogP contribution is 2.34. The number of benzene rings is 3. The lowest BCUT2D eigenvalue weighted by atomic mass is 10.2. The number of rotatable bonds is 5. The summed E-state index contributed by atoms with van der Waals surface area (Å²) in [6.45, 7) is 0. The van der Waals surface area contributed by atoms with Gasteiger partial charge in [0.2, 0.25) is 5.91 Å². The van der Waals surface area contributed by atoms with E-state index in [9.17, 15) is 4.79 Å². The Morgan fingerprint density at radius 3 is 2.65 bits per heavy atom. The fourth-order valence-electron chi connectivity index (χ4n) is 3.47. The summed E-state index contributed by atoms with van der Waals surface area (Å²) in [5, 5.41) is 4.06. The van der Waals surface area contributed by atoms with Gasteiger partial charge in [-0.1, -0.05) is 53.0 Å². The highest BCUT2D eigenvalue weighted by atomic mass is 35.5. The van der Waals surface area contributed by atoms with Crippen molar-refractivity contribution < 1.29 is 9.21 Å². The first-order chi connectivity index (χ1) is 16.5. The molecule has 0 unspecified atom stereocenters. The van der Waals surface area contributed by atoms with Crippen LogP contribution in [0.1, 0.15) is 5.76 Å². The van der Waals surface area contributed by atoms with E-state index in [0.29, 0.717) is 43.7 Å². The fourth-order valence-corrected chi connectivity index (χ4v) is 4.03. The molecule has 5 aromatic rings. The first-order valence-electron chi connectivity index (χ1n) is 10.3. The zero-order chi connectivity index (χ0) is 23.7. The molecule has 0 aliphatic carbocycles. The molecule has 5 nitrogen and oxygen atoms in total. The van der Waals surface area contributed by atoms with Crippen molar-refractivity contribution in [2.45, 2.75) is 0 Å². The monoisotopic (exact) mass is 507 g/mol. The predicted molar refractivity (Wildman–Crippen MR) is 138 cm³/mol. The molecule has 5 rings (SSSR count). The number of para-hydroxylation sites is 2. The van der Waals surface area contributed by atoms with Crippen molar-refractivity contribution in [1.82, 2.24) is 9.97 Å². The second-order valence-electron chi connectivity index (χ2n) is 7.42. The Kier molecular flexibility index (Phi) is 6.16. The van der Waals surface area contributed by atoms with Crippen LogP contribution in [0.5, 0.6) is 0 Å². The third-order valence-corrected chi connectivity index (χ3v) is 6.28. The van der Waals surface area contributed by atoms with Crippen molar-refractivity contribution in [2.24, 2.45) is 0 Å². The van der Waals surface area contributed by atoms with Crippen LogP contribution in [0.4, 0.5) is 5.69 Å². The fraction of sp³-hybridized carbons (Fsp3) is 0. The molecule has 3 aromatic carbocycles. The molecule has 0 bridgehead atoms. The lowest BCUT2D eigenvalue weighted by Crippen LogP contribution is -2.08. The minimum absolute atomic E-state index is 0.359. The number of H-pyrrole nitrogens is 1. The van der Waals surface area contributed by atoms with E-state index < -0.39 is 0 Å². The Bertz CT molecular complexity index is 1520. The number of furan rings is 1. The third-order valence-electron chi connectivity index (χ3n) is 5.13. The van der Waals surface area contributed by atoms with Crippen molar-refractivity contribution in [2.75, 3.05) is 5.32 Å². The summed E-state index contributed by atoms with van der Waals surface area (Å²) in [6, 6.07) is 21.9. The van der Waals surface area contributed by atoms with Crippen molar-refractivity contribution >= 4 is 63.5 Å². The molecule has 0 spiro atoms.